The van der Waals surface area contributed by atoms with E-state index in [0.717, 1.165) is 55.8 Å². The summed E-state index contributed by atoms with van der Waals surface area (Å²) in [6.07, 6.45) is 1.03. The second-order valence-electron chi connectivity index (χ2n) is 7.60. The molecule has 3 aromatic rings. The van der Waals surface area contributed by atoms with Gasteiger partial charge < -0.3 is 24.8 Å². The molecule has 0 amide bonds. The van der Waals surface area contributed by atoms with Crippen molar-refractivity contribution in [3.05, 3.63) is 42.0 Å². The van der Waals surface area contributed by atoms with Crippen LogP contribution in [0.1, 0.15) is 12.0 Å². The smallest absolute Gasteiger partial charge is 0.227 e. The molecule has 1 fully saturated rings. The third-order valence-corrected chi connectivity index (χ3v) is 5.66. The fraction of sp³-hybridized carbons (Fsp3) is 0.391. The summed E-state index contributed by atoms with van der Waals surface area (Å²) in [5.41, 5.74) is 8.30. The van der Waals surface area contributed by atoms with Gasteiger partial charge in [0.2, 0.25) is 5.95 Å². The molecule has 0 spiro atoms. The first-order valence-corrected chi connectivity index (χ1v) is 10.4. The molecule has 1 saturated heterocycles. The maximum absolute atomic E-state index is 6.28. The molecule has 4 rings (SSSR count). The summed E-state index contributed by atoms with van der Waals surface area (Å²) in [6.45, 7) is 4.59. The summed E-state index contributed by atoms with van der Waals surface area (Å²) in [4.78, 5) is 14.0. The van der Waals surface area contributed by atoms with E-state index >= 15 is 0 Å². The van der Waals surface area contributed by atoms with Gasteiger partial charge in [-0.05, 0) is 30.2 Å². The molecule has 0 atom stereocenters. The van der Waals surface area contributed by atoms with E-state index in [4.69, 9.17) is 24.9 Å². The molecule has 0 bridgehead atoms. The van der Waals surface area contributed by atoms with Gasteiger partial charge in [-0.15, -0.1) is 0 Å². The summed E-state index contributed by atoms with van der Waals surface area (Å²) < 4.78 is 16.0. The molecule has 2 N–H and O–H groups in total. The minimum atomic E-state index is 0.445. The number of nitrogens with two attached hydrogens (primary N) is 1. The number of aromatic nitrogens is 2. The molecule has 31 heavy (non-hydrogen) atoms. The Hall–Kier alpha value is -3.26. The van der Waals surface area contributed by atoms with Crippen LogP contribution < -0.4 is 24.8 Å². The molecule has 2 aromatic carbocycles. The van der Waals surface area contributed by atoms with E-state index in [1.807, 2.05) is 24.3 Å². The van der Waals surface area contributed by atoms with E-state index in [1.54, 1.807) is 21.3 Å². The van der Waals surface area contributed by atoms with Gasteiger partial charge in [-0.3, -0.25) is 4.90 Å². The molecule has 8 heteroatoms. The van der Waals surface area contributed by atoms with Crippen molar-refractivity contribution < 1.29 is 14.2 Å². The molecule has 8 nitrogen and oxygen atoms in total. The lowest BCUT2D eigenvalue weighted by atomic mass is 10.2. The van der Waals surface area contributed by atoms with Crippen LogP contribution >= 0.6 is 0 Å². The Kier molecular flexibility index (Phi) is 6.27. The number of hydrogen-bond acceptors (Lipinski definition) is 8. The highest BCUT2D eigenvalue weighted by molar-refractivity contribution is 5.91. The highest BCUT2D eigenvalue weighted by Crippen LogP contribution is 2.34. The largest absolute Gasteiger partial charge is 0.497 e. The predicted octanol–water partition coefficient (Wildman–Crippen LogP) is 2.95. The number of methoxy groups -OCH3 is 3. The third-order valence-electron chi connectivity index (χ3n) is 5.66. The highest BCUT2D eigenvalue weighted by atomic mass is 16.5. The van der Waals surface area contributed by atoms with Crippen LogP contribution in [0.3, 0.4) is 0 Å². The van der Waals surface area contributed by atoms with Gasteiger partial charge in [0.05, 0.1) is 26.8 Å². The van der Waals surface area contributed by atoms with Crippen LogP contribution in [0, 0.1) is 0 Å². The average molecular weight is 424 g/mol. The molecule has 164 valence electrons. The van der Waals surface area contributed by atoms with E-state index in [1.165, 1.54) is 5.56 Å². The zero-order chi connectivity index (χ0) is 21.8. The Bertz CT molecular complexity index is 1040. The Labute approximate surface area is 182 Å². The first-order valence-electron chi connectivity index (χ1n) is 10.4. The van der Waals surface area contributed by atoms with Gasteiger partial charge in [-0.1, -0.05) is 12.1 Å². The maximum atomic E-state index is 6.28. The summed E-state index contributed by atoms with van der Waals surface area (Å²) in [6, 6.07) is 11.9. The van der Waals surface area contributed by atoms with Crippen LogP contribution in [0.4, 0.5) is 11.8 Å². The van der Waals surface area contributed by atoms with Crippen molar-refractivity contribution in [3.8, 4) is 17.2 Å². The number of hydrogen-bond donors (Lipinski definition) is 1. The number of fused-ring (bicyclic) bond motifs is 1. The second kappa shape index (κ2) is 9.26. The third kappa shape index (κ3) is 4.59. The van der Waals surface area contributed by atoms with Gasteiger partial charge >= 0.3 is 0 Å². The molecule has 1 aromatic heterocycles. The Morgan fingerprint density at radius 1 is 0.871 bits per heavy atom. The maximum Gasteiger partial charge on any atom is 0.227 e. The van der Waals surface area contributed by atoms with Gasteiger partial charge in [0.25, 0.3) is 0 Å². The van der Waals surface area contributed by atoms with Crippen molar-refractivity contribution >= 4 is 22.7 Å². The van der Waals surface area contributed by atoms with Gasteiger partial charge in [0.15, 0.2) is 11.5 Å². The van der Waals surface area contributed by atoms with Gasteiger partial charge in [0.1, 0.15) is 11.6 Å². The van der Waals surface area contributed by atoms with Crippen LogP contribution in [-0.4, -0.2) is 62.4 Å². The summed E-state index contributed by atoms with van der Waals surface area (Å²) >= 11 is 0. The molecule has 0 aliphatic carbocycles. The Balaban J connectivity index is 1.50. The zero-order valence-corrected chi connectivity index (χ0v) is 18.3. The minimum absolute atomic E-state index is 0.445. The summed E-state index contributed by atoms with van der Waals surface area (Å²) in [5, 5.41) is 0.761. The molecule has 0 saturated carbocycles. The zero-order valence-electron chi connectivity index (χ0n) is 18.3. The molecule has 1 aliphatic rings. The lowest BCUT2D eigenvalue weighted by Gasteiger charge is -2.22. The first kappa shape index (κ1) is 21.0. The summed E-state index contributed by atoms with van der Waals surface area (Å²) in [5.74, 6) is 3.22. The SMILES string of the molecule is COc1ccc(CN2CCCN(c3nc(N)c4cc(OC)c(OC)cc4n3)CC2)cc1. The van der Waals surface area contributed by atoms with Crippen molar-refractivity contribution in [2.24, 2.45) is 0 Å². The number of anilines is 2. The van der Waals surface area contributed by atoms with Crippen LogP contribution in [0.5, 0.6) is 17.2 Å². The van der Waals surface area contributed by atoms with Crippen molar-refractivity contribution in [1.29, 1.82) is 0 Å². The van der Waals surface area contributed by atoms with Crippen molar-refractivity contribution in [2.75, 3.05) is 58.1 Å². The highest BCUT2D eigenvalue weighted by Gasteiger charge is 2.19. The van der Waals surface area contributed by atoms with Crippen LogP contribution in [0.15, 0.2) is 36.4 Å². The van der Waals surface area contributed by atoms with E-state index in [-0.39, 0.29) is 0 Å². The molecule has 1 aliphatic heterocycles. The number of ether oxygens (including phenoxy) is 3. The fourth-order valence-corrected chi connectivity index (χ4v) is 3.93. The summed E-state index contributed by atoms with van der Waals surface area (Å²) in [7, 11) is 4.90. The number of nitrogens with zero attached hydrogens (tertiary/aromatic N) is 4. The monoisotopic (exact) mass is 423 g/mol. The van der Waals surface area contributed by atoms with Crippen LogP contribution in [0.2, 0.25) is 0 Å². The van der Waals surface area contributed by atoms with Crippen molar-refractivity contribution in [3.63, 3.8) is 0 Å². The lowest BCUT2D eigenvalue weighted by molar-refractivity contribution is 0.285. The predicted molar refractivity (Wildman–Crippen MR) is 122 cm³/mol. The van der Waals surface area contributed by atoms with Crippen molar-refractivity contribution in [2.45, 2.75) is 13.0 Å². The first-order chi connectivity index (χ1) is 15.1. The Morgan fingerprint density at radius 3 is 2.32 bits per heavy atom. The number of rotatable bonds is 6. The van der Waals surface area contributed by atoms with Crippen molar-refractivity contribution in [1.82, 2.24) is 14.9 Å². The van der Waals surface area contributed by atoms with Crippen LogP contribution in [0.25, 0.3) is 10.9 Å². The molecule has 2 heterocycles. The quantitative estimate of drug-likeness (QED) is 0.648. The minimum Gasteiger partial charge on any atom is -0.497 e. The van der Waals surface area contributed by atoms with E-state index < -0.39 is 0 Å². The molecular formula is C23H29N5O3. The van der Waals surface area contributed by atoms with E-state index in [2.05, 4.69) is 26.9 Å². The number of nitrogen functional groups attached to an aromatic ring is 1. The Morgan fingerprint density at radius 2 is 1.61 bits per heavy atom. The molecule has 0 radical (unpaired) electrons. The van der Waals surface area contributed by atoms with E-state index in [0.29, 0.717) is 23.3 Å². The second-order valence-corrected chi connectivity index (χ2v) is 7.60. The topological polar surface area (TPSA) is 86.0 Å². The van der Waals surface area contributed by atoms with Gasteiger partial charge in [-0.2, -0.15) is 4.98 Å². The van der Waals surface area contributed by atoms with Gasteiger partial charge in [-0.25, -0.2) is 4.98 Å². The van der Waals surface area contributed by atoms with Crippen LogP contribution in [-0.2, 0) is 6.54 Å². The lowest BCUT2D eigenvalue weighted by Crippen LogP contribution is -2.31. The standard InChI is InChI=1S/C23H29N5O3/c1-29-17-7-5-16(6-8-17)15-27-9-4-10-28(12-11-27)23-25-19-14-21(31-3)20(30-2)13-18(19)22(24)26-23/h5-8,13-14H,4,9-12,15H2,1-3H3,(H2,24,25,26). The normalized spacial score (nSPS) is 15.0. The number of benzene rings is 2. The average Bonchev–Trinajstić information content (AvgIpc) is 3.04. The molecule has 0 unspecified atom stereocenters. The molecular weight excluding hydrogens is 394 g/mol. The fourth-order valence-electron chi connectivity index (χ4n) is 3.93. The van der Waals surface area contributed by atoms with E-state index in [9.17, 15) is 0 Å². The van der Waals surface area contributed by atoms with Gasteiger partial charge in [0, 0.05) is 44.2 Å².